The number of carbonyl (C=O) groups is 1. The largest absolute Gasteiger partial charge is 0.558 e. The molecule has 0 aliphatic heterocycles. The first-order valence-corrected chi connectivity index (χ1v) is 1.53. The van der Waals surface area contributed by atoms with Gasteiger partial charge in [0.25, 0.3) is 0 Å². The standard InChI is InChI=1S/C2F4O3/c3-1(7)8-9-2(4,5)6/i2+1. The Balaban J connectivity index is 3.39. The zero-order valence-corrected chi connectivity index (χ0v) is 3.74. The molecule has 0 saturated heterocycles. The highest BCUT2D eigenvalue weighted by Gasteiger charge is 2.33. The van der Waals surface area contributed by atoms with Crippen LogP contribution in [0.2, 0.25) is 0 Å². The predicted molar refractivity (Wildman–Crippen MR) is 14.7 cm³/mol. The topological polar surface area (TPSA) is 35.5 Å². The van der Waals surface area contributed by atoms with Gasteiger partial charge in [0.2, 0.25) is 0 Å². The second-order valence-electron chi connectivity index (χ2n) is 0.850. The molecule has 0 bridgehead atoms. The third-order valence-electron chi connectivity index (χ3n) is 0.202. The molecule has 0 aromatic carbocycles. The van der Waals surface area contributed by atoms with Crippen LogP contribution >= 0.6 is 0 Å². The lowest BCUT2D eigenvalue weighted by Crippen LogP contribution is -2.14. The fraction of sp³-hybridized carbons (Fsp3) is 0.500. The van der Waals surface area contributed by atoms with Crippen molar-refractivity contribution >= 4 is 6.22 Å². The van der Waals surface area contributed by atoms with Crippen LogP contribution in [0.1, 0.15) is 0 Å². The molecule has 3 nitrogen and oxygen atoms in total. The first kappa shape index (κ1) is 8.15. The Morgan fingerprint density at radius 3 is 1.89 bits per heavy atom. The lowest BCUT2D eigenvalue weighted by molar-refractivity contribution is -0.459. The Bertz CT molecular complexity index is 107. The van der Waals surface area contributed by atoms with Crippen LogP contribution in [0.15, 0.2) is 0 Å². The van der Waals surface area contributed by atoms with Crippen molar-refractivity contribution in [2.45, 2.75) is 6.36 Å². The summed E-state index contributed by atoms with van der Waals surface area (Å²) in [5, 5.41) is 0. The number of hydrogen-bond donors (Lipinski definition) is 0. The molecule has 0 aliphatic carbocycles. The minimum Gasteiger partial charge on any atom is -0.257 e. The molecule has 0 aromatic heterocycles. The lowest BCUT2D eigenvalue weighted by atomic mass is 11.5. The van der Waals surface area contributed by atoms with Crippen LogP contribution < -0.4 is 0 Å². The van der Waals surface area contributed by atoms with Gasteiger partial charge in [0.15, 0.2) is 0 Å². The van der Waals surface area contributed by atoms with E-state index in [1.165, 1.54) is 0 Å². The lowest BCUT2D eigenvalue weighted by Gasteiger charge is -2.00. The molecular formula is C2F4O3. The van der Waals surface area contributed by atoms with E-state index in [2.05, 4.69) is 9.78 Å². The van der Waals surface area contributed by atoms with E-state index in [9.17, 15) is 17.6 Å². The second-order valence-corrected chi connectivity index (χ2v) is 0.850. The number of hydrogen-bond acceptors (Lipinski definition) is 3. The normalized spacial score (nSPS) is 11.1. The Morgan fingerprint density at radius 1 is 1.33 bits per heavy atom. The van der Waals surface area contributed by atoms with E-state index < -0.39 is 12.6 Å². The van der Waals surface area contributed by atoms with E-state index >= 15 is 0 Å². The fourth-order valence-corrected chi connectivity index (χ4v) is 0.0800. The van der Waals surface area contributed by atoms with E-state index in [4.69, 9.17) is 4.79 Å². The monoisotopic (exact) mass is 149 g/mol. The maximum atomic E-state index is 10.7. The minimum atomic E-state index is -5.15. The van der Waals surface area contributed by atoms with Crippen LogP contribution in [-0.2, 0) is 9.78 Å². The zero-order chi connectivity index (χ0) is 7.49. The second kappa shape index (κ2) is 2.62. The SMILES string of the molecule is O=C(F)OO[13C](F)(F)F. The molecule has 0 unspecified atom stereocenters. The van der Waals surface area contributed by atoms with E-state index in [0.717, 1.165) is 0 Å². The average Bonchev–Trinajstić information content (AvgIpc) is 1.59. The summed E-state index contributed by atoms with van der Waals surface area (Å²) in [7, 11) is 0. The van der Waals surface area contributed by atoms with Crippen molar-refractivity contribution in [2.24, 2.45) is 0 Å². The highest BCUT2D eigenvalue weighted by atomic mass is 19.5. The van der Waals surface area contributed by atoms with Crippen molar-refractivity contribution in [3.63, 3.8) is 0 Å². The Hall–Kier alpha value is -0.850. The molecule has 0 atom stereocenters. The number of rotatable bonds is 1. The van der Waals surface area contributed by atoms with Crippen LogP contribution in [0.3, 0.4) is 0 Å². The van der Waals surface area contributed by atoms with Crippen molar-refractivity contribution in [3.05, 3.63) is 0 Å². The van der Waals surface area contributed by atoms with Gasteiger partial charge in [-0.15, -0.1) is 17.6 Å². The average molecular weight is 149 g/mol. The highest BCUT2D eigenvalue weighted by molar-refractivity contribution is 5.56. The summed E-state index contributed by atoms with van der Waals surface area (Å²) in [6.45, 7) is 0. The molecule has 7 heteroatoms. The number of halogens is 4. The number of alkyl halides is 3. The van der Waals surface area contributed by atoms with Crippen LogP contribution in [0.5, 0.6) is 0 Å². The molecule has 0 heterocycles. The summed E-state index contributed by atoms with van der Waals surface area (Å²) in [6, 6.07) is 0. The summed E-state index contributed by atoms with van der Waals surface area (Å²) in [4.78, 5) is 13.7. The Labute approximate surface area is 46.1 Å². The van der Waals surface area contributed by atoms with Crippen LogP contribution in [0, 0.1) is 0 Å². The first-order valence-electron chi connectivity index (χ1n) is 1.53. The summed E-state index contributed by atoms with van der Waals surface area (Å²) < 4.78 is 43.0. The number of carbonyl (C=O) groups excluding carboxylic acids is 1. The van der Waals surface area contributed by atoms with Gasteiger partial charge in [0.05, 0.1) is 0 Å². The van der Waals surface area contributed by atoms with Crippen LogP contribution in [0.25, 0.3) is 0 Å². The molecule has 0 fully saturated rings. The summed E-state index contributed by atoms with van der Waals surface area (Å²) in [5.41, 5.74) is 0. The molecular weight excluding hydrogens is 149 g/mol. The van der Waals surface area contributed by atoms with Crippen molar-refractivity contribution in [1.29, 1.82) is 0 Å². The van der Waals surface area contributed by atoms with Gasteiger partial charge in [-0.1, -0.05) is 4.89 Å². The molecule has 0 amide bonds. The maximum Gasteiger partial charge on any atom is 0.558 e. The van der Waals surface area contributed by atoms with Crippen molar-refractivity contribution in [1.82, 2.24) is 0 Å². The van der Waals surface area contributed by atoms with Gasteiger partial charge in [0.1, 0.15) is 0 Å². The van der Waals surface area contributed by atoms with E-state index in [1.54, 1.807) is 0 Å². The quantitative estimate of drug-likeness (QED) is 0.186. The zero-order valence-electron chi connectivity index (χ0n) is 3.74. The van der Waals surface area contributed by atoms with Gasteiger partial charge in [-0.3, -0.25) is 4.89 Å². The summed E-state index contributed by atoms with van der Waals surface area (Å²) >= 11 is 0. The van der Waals surface area contributed by atoms with Gasteiger partial charge in [-0.2, -0.15) is 0 Å². The van der Waals surface area contributed by atoms with E-state index in [-0.39, 0.29) is 0 Å². The molecule has 0 aromatic rings. The van der Waals surface area contributed by atoms with E-state index in [1.807, 2.05) is 0 Å². The Kier molecular flexibility index (Phi) is 2.38. The minimum absolute atomic E-state index is 2.27. The molecule has 0 rings (SSSR count). The smallest absolute Gasteiger partial charge is 0.257 e. The van der Waals surface area contributed by atoms with Gasteiger partial charge in [-0.25, -0.2) is 4.79 Å². The molecule has 0 aliphatic rings. The van der Waals surface area contributed by atoms with Crippen molar-refractivity contribution < 1.29 is 32.1 Å². The molecule has 0 radical (unpaired) electrons. The van der Waals surface area contributed by atoms with Gasteiger partial charge in [-0.05, 0) is 0 Å². The van der Waals surface area contributed by atoms with Gasteiger partial charge in [0, 0.05) is 0 Å². The predicted octanol–water partition coefficient (Wildman–Crippen LogP) is 1.54. The molecule has 0 spiro atoms. The van der Waals surface area contributed by atoms with Crippen LogP contribution in [0.4, 0.5) is 22.4 Å². The maximum absolute atomic E-state index is 10.7. The van der Waals surface area contributed by atoms with Crippen molar-refractivity contribution in [3.8, 4) is 0 Å². The first-order chi connectivity index (χ1) is 3.92. The summed E-state index contributed by atoms with van der Waals surface area (Å²) in [6.07, 6.45) is -7.80. The molecule has 0 saturated carbocycles. The Morgan fingerprint density at radius 2 is 1.78 bits per heavy atom. The van der Waals surface area contributed by atoms with Gasteiger partial charge < -0.3 is 0 Å². The molecule has 0 N–H and O–H groups in total. The third kappa shape index (κ3) is 7.15. The third-order valence-corrected chi connectivity index (χ3v) is 0.202. The van der Waals surface area contributed by atoms with E-state index in [0.29, 0.717) is 0 Å². The van der Waals surface area contributed by atoms with Crippen molar-refractivity contribution in [2.75, 3.05) is 0 Å². The van der Waals surface area contributed by atoms with Crippen LogP contribution in [-0.4, -0.2) is 12.6 Å². The fourth-order valence-electron chi connectivity index (χ4n) is 0.0800. The highest BCUT2D eigenvalue weighted by Crippen LogP contribution is 2.16. The van der Waals surface area contributed by atoms with Gasteiger partial charge >= 0.3 is 12.6 Å². The molecule has 54 valence electrons. The summed E-state index contributed by atoms with van der Waals surface area (Å²) in [5.74, 6) is 0. The molecule has 9 heavy (non-hydrogen) atoms.